The summed E-state index contributed by atoms with van der Waals surface area (Å²) in [5, 5.41) is 9.37. The average Bonchev–Trinajstić information content (AvgIpc) is 2.72. The summed E-state index contributed by atoms with van der Waals surface area (Å²) in [6.07, 6.45) is 3.93. The van der Waals surface area contributed by atoms with Crippen molar-refractivity contribution in [2.24, 2.45) is 0 Å². The highest BCUT2D eigenvalue weighted by molar-refractivity contribution is 6.64. The molecule has 0 aliphatic carbocycles. The van der Waals surface area contributed by atoms with Crippen molar-refractivity contribution in [1.82, 2.24) is 4.81 Å². The van der Waals surface area contributed by atoms with Gasteiger partial charge in [0.15, 0.2) is 0 Å². The minimum atomic E-state index is 0.707. The summed E-state index contributed by atoms with van der Waals surface area (Å²) < 4.78 is 0. The molecule has 0 N–H and O–H groups in total. The molecule has 1 saturated heterocycles. The van der Waals surface area contributed by atoms with Crippen LogP contribution in [0, 0.1) is 11.3 Å². The van der Waals surface area contributed by atoms with Crippen LogP contribution in [0.15, 0.2) is 23.8 Å². The highest BCUT2D eigenvalue weighted by atomic mass is 16.1. The number of nitrogens with zero attached hydrogens (tertiary/aromatic N) is 3. The fraction of sp³-hybridized carbons (Fsp3) is 0.412. The van der Waals surface area contributed by atoms with E-state index in [4.69, 9.17) is 0 Å². The largest absolute Gasteiger partial charge is 0.369 e. The van der Waals surface area contributed by atoms with Gasteiger partial charge in [-0.2, -0.15) is 5.26 Å². The van der Waals surface area contributed by atoms with Crippen molar-refractivity contribution < 1.29 is 4.79 Å². The van der Waals surface area contributed by atoms with Crippen LogP contribution in [0.4, 0.5) is 5.69 Å². The Kier molecular flexibility index (Phi) is 5.79. The zero-order valence-corrected chi connectivity index (χ0v) is 13.2. The van der Waals surface area contributed by atoms with Crippen LogP contribution in [-0.2, 0) is 4.79 Å². The molecule has 0 bridgehead atoms. The molecule has 1 radical (unpaired) electrons. The fourth-order valence-corrected chi connectivity index (χ4v) is 2.74. The Morgan fingerprint density at radius 2 is 2.09 bits per heavy atom. The van der Waals surface area contributed by atoms with Crippen LogP contribution >= 0.6 is 0 Å². The van der Waals surface area contributed by atoms with Gasteiger partial charge in [-0.15, -0.1) is 0 Å². The van der Waals surface area contributed by atoms with E-state index in [0.717, 1.165) is 50.0 Å². The van der Waals surface area contributed by atoms with Gasteiger partial charge in [0, 0.05) is 19.6 Å². The summed E-state index contributed by atoms with van der Waals surface area (Å²) in [5.41, 5.74) is 4.05. The summed E-state index contributed by atoms with van der Waals surface area (Å²) >= 11 is 0. The first-order valence-electron chi connectivity index (χ1n) is 7.60. The standard InChI is InChI=1S/C17H21BN3O/c1-14(2)10-15-4-5-16(12-19)17(11-15)20-6-3-7-21(9-8-20)18-13-22/h4-5,10-11,13H,3,6-9H2,1-2H3. The molecule has 113 valence electrons. The van der Waals surface area contributed by atoms with Gasteiger partial charge < -0.3 is 14.5 Å². The van der Waals surface area contributed by atoms with Gasteiger partial charge in [-0.25, -0.2) is 0 Å². The van der Waals surface area contributed by atoms with E-state index in [2.05, 4.69) is 37.0 Å². The molecular formula is C17H21BN3O. The predicted molar refractivity (Wildman–Crippen MR) is 91.4 cm³/mol. The molecule has 0 unspecified atom stereocenters. The lowest BCUT2D eigenvalue weighted by atomic mass is 9.94. The van der Waals surface area contributed by atoms with Gasteiger partial charge in [-0.1, -0.05) is 17.7 Å². The third kappa shape index (κ3) is 4.22. The maximum Gasteiger partial charge on any atom is 0.293 e. The summed E-state index contributed by atoms with van der Waals surface area (Å²) in [7, 11) is 1.61. The second-order valence-electron chi connectivity index (χ2n) is 5.77. The first-order chi connectivity index (χ1) is 10.6. The van der Waals surface area contributed by atoms with E-state index in [1.54, 1.807) is 7.41 Å². The minimum absolute atomic E-state index is 0.707. The fourth-order valence-electron chi connectivity index (χ4n) is 2.74. The normalized spacial score (nSPS) is 15.6. The molecule has 0 aromatic heterocycles. The van der Waals surface area contributed by atoms with Crippen LogP contribution < -0.4 is 4.90 Å². The summed E-state index contributed by atoms with van der Waals surface area (Å²) in [6.45, 7) is 7.53. The highest BCUT2D eigenvalue weighted by Crippen LogP contribution is 2.24. The zero-order valence-electron chi connectivity index (χ0n) is 13.2. The predicted octanol–water partition coefficient (Wildman–Crippen LogP) is 2.30. The van der Waals surface area contributed by atoms with Crippen molar-refractivity contribution in [2.75, 3.05) is 31.1 Å². The molecule has 5 heteroatoms. The second kappa shape index (κ2) is 7.81. The van der Waals surface area contributed by atoms with Crippen LogP contribution in [0.2, 0.25) is 0 Å². The molecule has 1 fully saturated rings. The van der Waals surface area contributed by atoms with Gasteiger partial charge in [-0.05, 0) is 44.5 Å². The minimum Gasteiger partial charge on any atom is -0.369 e. The van der Waals surface area contributed by atoms with Gasteiger partial charge in [-0.3, -0.25) is 0 Å². The summed E-state index contributed by atoms with van der Waals surface area (Å²) in [4.78, 5) is 14.9. The molecule has 1 aliphatic rings. The number of carbonyl (C=O) groups excluding carboxylic acids is 1. The molecule has 1 aromatic rings. The highest BCUT2D eigenvalue weighted by Gasteiger charge is 2.17. The van der Waals surface area contributed by atoms with E-state index < -0.39 is 0 Å². The van der Waals surface area contributed by atoms with Crippen LogP contribution in [0.1, 0.15) is 31.4 Å². The van der Waals surface area contributed by atoms with Gasteiger partial charge in [0.1, 0.15) is 6.07 Å². The molecule has 1 heterocycles. The molecule has 22 heavy (non-hydrogen) atoms. The lowest BCUT2D eigenvalue weighted by Crippen LogP contribution is -2.34. The molecule has 0 atom stereocenters. The second-order valence-corrected chi connectivity index (χ2v) is 5.77. The number of anilines is 1. The number of nitriles is 1. The molecular weight excluding hydrogens is 273 g/mol. The van der Waals surface area contributed by atoms with Crippen molar-refractivity contribution in [2.45, 2.75) is 20.3 Å². The smallest absolute Gasteiger partial charge is 0.293 e. The number of benzene rings is 1. The topological polar surface area (TPSA) is 47.3 Å². The van der Waals surface area contributed by atoms with Crippen molar-refractivity contribution in [3.8, 4) is 6.07 Å². The molecule has 0 saturated carbocycles. The Bertz CT molecular complexity index is 602. The Morgan fingerprint density at radius 1 is 1.27 bits per heavy atom. The van der Waals surface area contributed by atoms with Gasteiger partial charge in [0.2, 0.25) is 0 Å². The number of hydrogen-bond acceptors (Lipinski definition) is 4. The van der Waals surface area contributed by atoms with Crippen LogP contribution in [0.5, 0.6) is 0 Å². The van der Waals surface area contributed by atoms with Crippen LogP contribution in [0.3, 0.4) is 0 Å². The maximum atomic E-state index is 10.6. The quantitative estimate of drug-likeness (QED) is 0.631. The van der Waals surface area contributed by atoms with Crippen molar-refractivity contribution >= 4 is 25.4 Å². The van der Waals surface area contributed by atoms with E-state index in [-0.39, 0.29) is 0 Å². The third-order valence-electron chi connectivity index (χ3n) is 3.74. The molecule has 0 spiro atoms. The van der Waals surface area contributed by atoms with Gasteiger partial charge >= 0.3 is 0 Å². The number of allylic oxidation sites excluding steroid dienone is 1. The monoisotopic (exact) mass is 294 g/mol. The molecule has 1 aliphatic heterocycles. The number of rotatable bonds is 4. The molecule has 0 amide bonds. The van der Waals surface area contributed by atoms with Gasteiger partial charge in [0.05, 0.1) is 17.4 Å². The average molecular weight is 294 g/mol. The third-order valence-corrected chi connectivity index (χ3v) is 3.74. The van der Waals surface area contributed by atoms with E-state index >= 15 is 0 Å². The van der Waals surface area contributed by atoms with E-state index in [0.29, 0.717) is 5.56 Å². The Labute approximate surface area is 133 Å². The van der Waals surface area contributed by atoms with Crippen molar-refractivity contribution in [3.05, 3.63) is 34.9 Å². The Balaban J connectivity index is 2.24. The van der Waals surface area contributed by atoms with Crippen molar-refractivity contribution in [1.29, 1.82) is 5.26 Å². The first-order valence-corrected chi connectivity index (χ1v) is 7.60. The summed E-state index contributed by atoms with van der Waals surface area (Å²) in [6, 6.07) is 8.26. The Morgan fingerprint density at radius 3 is 2.77 bits per heavy atom. The van der Waals surface area contributed by atoms with E-state index in [9.17, 15) is 10.1 Å². The van der Waals surface area contributed by atoms with Crippen molar-refractivity contribution in [3.63, 3.8) is 0 Å². The lowest BCUT2D eigenvalue weighted by Gasteiger charge is -2.24. The molecule has 4 nitrogen and oxygen atoms in total. The molecule has 2 rings (SSSR count). The SMILES string of the molecule is CC(C)=Cc1ccc(C#N)c(N2CCCN([B]C=O)CC2)c1. The first kappa shape index (κ1) is 16.3. The molecule has 1 aromatic carbocycles. The van der Waals surface area contributed by atoms with Crippen LogP contribution in [0.25, 0.3) is 6.08 Å². The Hall–Kier alpha value is -2.06. The van der Waals surface area contributed by atoms with E-state index in [1.165, 1.54) is 5.57 Å². The lowest BCUT2D eigenvalue weighted by molar-refractivity contribution is 0.476. The van der Waals surface area contributed by atoms with E-state index in [1.807, 2.05) is 16.9 Å². The van der Waals surface area contributed by atoms with Crippen LogP contribution in [-0.4, -0.2) is 44.6 Å². The maximum absolute atomic E-state index is 10.6. The zero-order chi connectivity index (χ0) is 15.9. The number of hydrogen-bond donors (Lipinski definition) is 0. The summed E-state index contributed by atoms with van der Waals surface area (Å²) in [5.74, 6) is 0. The number of carbonyl (C=O) groups is 1. The van der Waals surface area contributed by atoms with Gasteiger partial charge in [0.25, 0.3) is 7.41 Å².